The van der Waals surface area contributed by atoms with E-state index in [1.165, 1.54) is 18.5 Å². The third kappa shape index (κ3) is 4.39. The summed E-state index contributed by atoms with van der Waals surface area (Å²) >= 11 is 5.85. The number of nitrogens with two attached hydrogens (primary N) is 1. The molecule has 1 aromatic heterocycles. The van der Waals surface area contributed by atoms with Crippen molar-refractivity contribution < 1.29 is 13.6 Å². The van der Waals surface area contributed by atoms with Crippen molar-refractivity contribution in [3.63, 3.8) is 0 Å². The summed E-state index contributed by atoms with van der Waals surface area (Å²) in [6.45, 7) is 0. The van der Waals surface area contributed by atoms with Crippen LogP contribution in [0.2, 0.25) is 5.02 Å². The monoisotopic (exact) mass is 390 g/mol. The fraction of sp³-hybridized carbons (Fsp3) is 0. The molecule has 0 saturated carbocycles. The zero-order valence-electron chi connectivity index (χ0n) is 13.6. The molecule has 1 amide bonds. The smallest absolute Gasteiger partial charge is 0.269 e. The number of carbonyl (C=O) groups excluding carboxylic acids is 1. The van der Waals surface area contributed by atoms with Gasteiger partial charge in [-0.05, 0) is 30.3 Å². The first-order chi connectivity index (χ1) is 12.9. The average molecular weight is 391 g/mol. The molecule has 0 aliphatic carbocycles. The van der Waals surface area contributed by atoms with E-state index in [2.05, 4.69) is 26.1 Å². The Labute approximate surface area is 157 Å². The Bertz CT molecular complexity index is 1000. The van der Waals surface area contributed by atoms with Crippen LogP contribution in [0.1, 0.15) is 10.4 Å². The third-order valence-corrected chi connectivity index (χ3v) is 3.68. The Morgan fingerprint density at radius 2 is 1.81 bits per heavy atom. The van der Waals surface area contributed by atoms with Gasteiger partial charge in [0.05, 0.1) is 0 Å². The molecule has 0 atom stereocenters. The molecule has 0 spiro atoms. The van der Waals surface area contributed by atoms with Gasteiger partial charge in [0.1, 0.15) is 12.0 Å². The second-order valence-corrected chi connectivity index (χ2v) is 5.76. The number of hydrogen-bond acceptors (Lipinski definition) is 6. The number of nitrogen functional groups attached to an aromatic ring is 1. The van der Waals surface area contributed by atoms with Crippen molar-refractivity contribution in [2.45, 2.75) is 0 Å². The van der Waals surface area contributed by atoms with Crippen molar-refractivity contribution in [3.8, 4) is 0 Å². The van der Waals surface area contributed by atoms with E-state index >= 15 is 0 Å². The van der Waals surface area contributed by atoms with E-state index < -0.39 is 17.5 Å². The maximum absolute atomic E-state index is 13.3. The fourth-order valence-corrected chi connectivity index (χ4v) is 2.31. The third-order valence-electron chi connectivity index (χ3n) is 3.45. The van der Waals surface area contributed by atoms with Crippen LogP contribution in [0.15, 0.2) is 48.8 Å². The predicted octanol–water partition coefficient (Wildman–Crippen LogP) is 3.49. The molecule has 10 heteroatoms. The Morgan fingerprint density at radius 1 is 1.04 bits per heavy atom. The number of nitrogens with zero attached hydrogens (tertiary/aromatic N) is 2. The molecule has 5 N–H and O–H groups in total. The minimum Gasteiger partial charge on any atom is -0.393 e. The van der Waals surface area contributed by atoms with Gasteiger partial charge in [-0.15, -0.1) is 0 Å². The van der Waals surface area contributed by atoms with Gasteiger partial charge in [0, 0.05) is 22.3 Å². The van der Waals surface area contributed by atoms with Gasteiger partial charge in [0.15, 0.2) is 23.3 Å². The highest BCUT2D eigenvalue weighted by Crippen LogP contribution is 2.26. The highest BCUT2D eigenvalue weighted by atomic mass is 35.5. The van der Waals surface area contributed by atoms with E-state index in [9.17, 15) is 13.6 Å². The average Bonchev–Trinajstić information content (AvgIpc) is 2.65. The van der Waals surface area contributed by atoms with Gasteiger partial charge in [-0.1, -0.05) is 17.7 Å². The number of benzene rings is 2. The number of carbonyl (C=O) groups is 1. The van der Waals surface area contributed by atoms with Crippen LogP contribution < -0.4 is 21.9 Å². The molecule has 27 heavy (non-hydrogen) atoms. The van der Waals surface area contributed by atoms with E-state index in [0.29, 0.717) is 10.6 Å². The van der Waals surface area contributed by atoms with Gasteiger partial charge in [-0.3, -0.25) is 15.6 Å². The highest BCUT2D eigenvalue weighted by Gasteiger charge is 2.11. The molecule has 3 rings (SSSR count). The topological polar surface area (TPSA) is 105 Å². The molecule has 7 nitrogen and oxygen atoms in total. The van der Waals surface area contributed by atoms with E-state index in [4.69, 9.17) is 17.3 Å². The Hall–Kier alpha value is -3.46. The van der Waals surface area contributed by atoms with Crippen LogP contribution in [0.5, 0.6) is 0 Å². The van der Waals surface area contributed by atoms with Crippen LogP contribution in [0.3, 0.4) is 0 Å². The number of anilines is 4. The number of hydrazine groups is 1. The molecule has 0 aliphatic heterocycles. The summed E-state index contributed by atoms with van der Waals surface area (Å²) in [7, 11) is 0. The molecule has 3 aromatic rings. The number of nitrogens with one attached hydrogen (secondary N) is 3. The number of hydrogen-bond donors (Lipinski definition) is 4. The fourth-order valence-electron chi connectivity index (χ4n) is 2.12. The number of halogens is 3. The minimum atomic E-state index is -1.01. The lowest BCUT2D eigenvalue weighted by molar-refractivity contribution is 0.0962. The second kappa shape index (κ2) is 7.83. The van der Waals surface area contributed by atoms with Crippen molar-refractivity contribution in [2.24, 2.45) is 0 Å². The molecular formula is C17H13ClF2N6O. The summed E-state index contributed by atoms with van der Waals surface area (Å²) < 4.78 is 26.3. The normalized spacial score (nSPS) is 10.3. The van der Waals surface area contributed by atoms with Crippen molar-refractivity contribution in [1.29, 1.82) is 0 Å². The van der Waals surface area contributed by atoms with Crippen molar-refractivity contribution in [1.82, 2.24) is 15.4 Å². The molecule has 0 fully saturated rings. The van der Waals surface area contributed by atoms with Crippen molar-refractivity contribution in [3.05, 3.63) is 71.0 Å². The lowest BCUT2D eigenvalue weighted by Gasteiger charge is -2.13. The number of rotatable bonds is 5. The van der Waals surface area contributed by atoms with Crippen molar-refractivity contribution >= 4 is 40.5 Å². The zero-order chi connectivity index (χ0) is 19.4. The number of amides is 1. The van der Waals surface area contributed by atoms with Gasteiger partial charge in [-0.2, -0.15) is 0 Å². The van der Waals surface area contributed by atoms with E-state index in [1.54, 1.807) is 18.2 Å². The summed E-state index contributed by atoms with van der Waals surface area (Å²) in [4.78, 5) is 20.0. The molecule has 138 valence electrons. The van der Waals surface area contributed by atoms with Gasteiger partial charge in [0.25, 0.3) is 5.91 Å². The first kappa shape index (κ1) is 18.3. The quantitative estimate of drug-likeness (QED) is 0.497. The molecule has 2 aromatic carbocycles. The molecular weight excluding hydrogens is 378 g/mol. The van der Waals surface area contributed by atoms with Crippen LogP contribution in [0, 0.1) is 11.6 Å². The Balaban J connectivity index is 1.72. The van der Waals surface area contributed by atoms with Gasteiger partial charge in [0.2, 0.25) is 0 Å². The van der Waals surface area contributed by atoms with Gasteiger partial charge < -0.3 is 11.1 Å². The summed E-state index contributed by atoms with van der Waals surface area (Å²) in [6.07, 6.45) is 1.19. The standard InChI is InChI=1S/C17H13ClF2N6O/c18-10-3-1-2-9(6-10)17(27)26-25-16-14(21)15(22-8-23-16)24-11-4-5-12(19)13(20)7-11/h1-8H,21H2,(H,26,27)(H2,22,23,24,25). The summed E-state index contributed by atoms with van der Waals surface area (Å²) in [5.41, 5.74) is 11.6. The molecule has 0 saturated heterocycles. The van der Waals surface area contributed by atoms with Gasteiger partial charge in [-0.25, -0.2) is 18.7 Å². The zero-order valence-corrected chi connectivity index (χ0v) is 14.4. The Morgan fingerprint density at radius 3 is 2.56 bits per heavy atom. The summed E-state index contributed by atoms with van der Waals surface area (Å²) in [5, 5.41) is 3.17. The first-order valence-electron chi connectivity index (χ1n) is 7.58. The largest absolute Gasteiger partial charge is 0.393 e. The van der Waals surface area contributed by atoms with E-state index in [0.717, 1.165) is 12.1 Å². The summed E-state index contributed by atoms with van der Waals surface area (Å²) in [6, 6.07) is 9.63. The van der Waals surface area contributed by atoms with Crippen LogP contribution in [-0.2, 0) is 0 Å². The van der Waals surface area contributed by atoms with E-state index in [1.807, 2.05) is 0 Å². The molecule has 0 unspecified atom stereocenters. The highest BCUT2D eigenvalue weighted by molar-refractivity contribution is 6.30. The van der Waals surface area contributed by atoms with Crippen LogP contribution >= 0.6 is 11.6 Å². The lowest BCUT2D eigenvalue weighted by Crippen LogP contribution is -2.30. The van der Waals surface area contributed by atoms with Crippen molar-refractivity contribution in [2.75, 3.05) is 16.5 Å². The van der Waals surface area contributed by atoms with Crippen LogP contribution in [0.4, 0.5) is 31.8 Å². The maximum Gasteiger partial charge on any atom is 0.269 e. The second-order valence-electron chi connectivity index (χ2n) is 5.33. The molecule has 1 heterocycles. The SMILES string of the molecule is Nc1c(NNC(=O)c2cccc(Cl)c2)ncnc1Nc1ccc(F)c(F)c1. The molecule has 0 bridgehead atoms. The summed E-state index contributed by atoms with van der Waals surface area (Å²) in [5.74, 6) is -2.17. The van der Waals surface area contributed by atoms with E-state index in [-0.39, 0.29) is 23.0 Å². The maximum atomic E-state index is 13.3. The van der Waals surface area contributed by atoms with Gasteiger partial charge >= 0.3 is 0 Å². The molecule has 0 radical (unpaired) electrons. The number of aromatic nitrogens is 2. The Kier molecular flexibility index (Phi) is 5.32. The van der Waals surface area contributed by atoms with Crippen LogP contribution in [-0.4, -0.2) is 15.9 Å². The lowest BCUT2D eigenvalue weighted by atomic mass is 10.2. The molecule has 0 aliphatic rings. The first-order valence-corrected chi connectivity index (χ1v) is 7.96. The van der Waals surface area contributed by atoms with Crippen LogP contribution in [0.25, 0.3) is 0 Å². The minimum absolute atomic E-state index is 0.0635. The predicted molar refractivity (Wildman–Crippen MR) is 98.6 cm³/mol.